The van der Waals surface area contributed by atoms with Crippen LogP contribution in [0.3, 0.4) is 0 Å². The second-order valence-corrected chi connectivity index (χ2v) is 16.3. The van der Waals surface area contributed by atoms with Gasteiger partial charge in [0, 0.05) is 81.1 Å². The van der Waals surface area contributed by atoms with Gasteiger partial charge in [-0.05, 0) is 92.8 Å². The normalized spacial score (nSPS) is 20.0. The molecule has 6 heterocycles. The number of amides is 3. The largest absolute Gasteiger partial charge is 0.503 e. The van der Waals surface area contributed by atoms with Gasteiger partial charge < -0.3 is 19.7 Å². The van der Waals surface area contributed by atoms with E-state index in [2.05, 4.69) is 37.6 Å². The van der Waals surface area contributed by atoms with Crippen molar-refractivity contribution < 1.29 is 32.7 Å². The Morgan fingerprint density at radius 2 is 1.67 bits per heavy atom. The average Bonchev–Trinajstić information content (AvgIpc) is 3.91. The van der Waals surface area contributed by atoms with Crippen molar-refractivity contribution in [3.8, 4) is 16.9 Å². The first-order valence-electron chi connectivity index (χ1n) is 20.8. The maximum atomic E-state index is 14.1. The molecule has 1 atom stereocenters. The van der Waals surface area contributed by atoms with E-state index >= 15 is 0 Å². The molecule has 1 aliphatic carbocycles. The third-order valence-corrected chi connectivity index (χ3v) is 12.4. The van der Waals surface area contributed by atoms with Crippen LogP contribution in [0.5, 0.6) is 5.75 Å². The van der Waals surface area contributed by atoms with Gasteiger partial charge in [-0.1, -0.05) is 12.1 Å². The Kier molecular flexibility index (Phi) is 11.1. The number of carbonyl (C=O) groups excluding carboxylic acids is 3. The van der Waals surface area contributed by atoms with Crippen LogP contribution in [0, 0.1) is 23.4 Å². The molecule has 2 aliphatic heterocycles. The molecule has 0 spiro atoms. The second kappa shape index (κ2) is 17.0. The number of imide groups is 1. The summed E-state index contributed by atoms with van der Waals surface area (Å²) in [7, 11) is 0. The SMILES string of the molecule is O=C1CCC(c2cnc3cc(CCCN4CCN(c5ncc(-c6ccc7cn([C@H]8CC[C@H](CNC(=O)c9cc(F)c(O)c(F)c9F)CC8)nc7c6)cn5)CC4)ccn23)C(=O)N1. The van der Waals surface area contributed by atoms with Crippen LogP contribution in [0.4, 0.5) is 19.1 Å². The number of anilines is 1. The van der Waals surface area contributed by atoms with E-state index in [9.17, 15) is 32.7 Å². The van der Waals surface area contributed by atoms with E-state index in [1.807, 2.05) is 52.1 Å². The van der Waals surface area contributed by atoms with E-state index in [0.29, 0.717) is 24.9 Å². The Bertz CT molecular complexity index is 2620. The number of aromatic nitrogens is 6. The minimum Gasteiger partial charge on any atom is -0.503 e. The Labute approximate surface area is 348 Å². The Balaban J connectivity index is 0.727. The van der Waals surface area contributed by atoms with Crippen molar-refractivity contribution in [1.29, 1.82) is 0 Å². The van der Waals surface area contributed by atoms with Gasteiger partial charge in [-0.2, -0.15) is 9.49 Å². The van der Waals surface area contributed by atoms with Crippen LogP contribution >= 0.6 is 0 Å². The molecule has 3 fully saturated rings. The number of benzene rings is 2. The lowest BCUT2D eigenvalue weighted by Gasteiger charge is -2.34. The third kappa shape index (κ3) is 8.38. The molecule has 1 saturated carbocycles. The number of piperidine rings is 1. The topological polar surface area (TPSA) is 163 Å². The third-order valence-electron chi connectivity index (χ3n) is 12.4. The molecule has 2 saturated heterocycles. The van der Waals surface area contributed by atoms with Crippen LogP contribution in [-0.4, -0.2) is 96.1 Å². The van der Waals surface area contributed by atoms with E-state index in [1.165, 1.54) is 5.56 Å². The Morgan fingerprint density at radius 3 is 2.44 bits per heavy atom. The number of phenolic OH excluding ortho intramolecular Hbond substituents is 1. The minimum absolute atomic E-state index is 0.117. The number of hydrogen-bond donors (Lipinski definition) is 3. The maximum absolute atomic E-state index is 14.1. The van der Waals surface area contributed by atoms with E-state index in [-0.39, 0.29) is 36.2 Å². The summed E-state index contributed by atoms with van der Waals surface area (Å²) in [5.74, 6) is -7.16. The number of halogens is 3. The molecule has 1 unspecified atom stereocenters. The van der Waals surface area contributed by atoms with Gasteiger partial charge in [0.15, 0.2) is 17.4 Å². The van der Waals surface area contributed by atoms with Gasteiger partial charge >= 0.3 is 0 Å². The fourth-order valence-electron chi connectivity index (χ4n) is 8.84. The Morgan fingerprint density at radius 1 is 0.885 bits per heavy atom. The molecule has 6 aromatic rings. The van der Waals surface area contributed by atoms with Crippen molar-refractivity contribution in [3.63, 3.8) is 0 Å². The minimum atomic E-state index is -1.78. The number of carbonyl (C=O) groups is 3. The van der Waals surface area contributed by atoms with Crippen molar-refractivity contribution in [2.24, 2.45) is 5.92 Å². The van der Waals surface area contributed by atoms with Crippen molar-refractivity contribution in [3.05, 3.63) is 102 Å². The lowest BCUT2D eigenvalue weighted by molar-refractivity contribution is -0.134. The first kappa shape index (κ1) is 40.1. The molecule has 0 radical (unpaired) electrons. The fourth-order valence-corrected chi connectivity index (χ4v) is 8.84. The number of nitrogens with one attached hydrogen (secondary N) is 2. The summed E-state index contributed by atoms with van der Waals surface area (Å²) in [6, 6.07) is 11.0. The van der Waals surface area contributed by atoms with Gasteiger partial charge in [0.2, 0.25) is 23.6 Å². The zero-order valence-electron chi connectivity index (χ0n) is 33.4. The molecular formula is C44H45F3N10O4. The predicted octanol–water partition coefficient (Wildman–Crippen LogP) is 5.70. The molecule has 3 N–H and O–H groups in total. The summed E-state index contributed by atoms with van der Waals surface area (Å²) in [5.41, 5.74) is 4.77. The monoisotopic (exact) mass is 834 g/mol. The molecule has 0 bridgehead atoms. The summed E-state index contributed by atoms with van der Waals surface area (Å²) >= 11 is 0. The highest BCUT2D eigenvalue weighted by Crippen LogP contribution is 2.34. The number of hydrogen-bond acceptors (Lipinski definition) is 10. The van der Waals surface area contributed by atoms with Gasteiger partial charge in [-0.3, -0.25) is 29.3 Å². The zero-order chi connectivity index (χ0) is 42.2. The van der Waals surface area contributed by atoms with Gasteiger partial charge in [0.25, 0.3) is 5.91 Å². The summed E-state index contributed by atoms with van der Waals surface area (Å²) in [4.78, 5) is 55.2. The lowest BCUT2D eigenvalue weighted by atomic mass is 9.86. The number of imidazole rings is 1. The summed E-state index contributed by atoms with van der Waals surface area (Å²) in [6.45, 7) is 4.74. The van der Waals surface area contributed by atoms with E-state index < -0.39 is 34.7 Å². The van der Waals surface area contributed by atoms with Gasteiger partial charge in [0.1, 0.15) is 5.65 Å². The van der Waals surface area contributed by atoms with Crippen LogP contribution in [0.25, 0.3) is 27.7 Å². The molecule has 17 heteroatoms. The van der Waals surface area contributed by atoms with Crippen LogP contribution in [0.2, 0.25) is 0 Å². The Hall–Kier alpha value is -6.36. The van der Waals surface area contributed by atoms with Gasteiger partial charge in [0.05, 0.1) is 28.7 Å². The molecule has 316 valence electrons. The van der Waals surface area contributed by atoms with Gasteiger partial charge in [-0.15, -0.1) is 0 Å². The standard InChI is InChI=1S/C44H45F3N10O4/c45-34-20-33(39(46)40(47)41(34)59)42(60)49-21-27-3-7-31(8-4-27)57-25-29-6-5-28(19-35(29)53-57)30-22-50-44(51-23-30)55-16-14-54(15-17-55)12-1-2-26-11-13-56-36(24-48-37(56)18-26)32-9-10-38(58)52-43(32)61/h5-6,11,13,18-20,22-25,27,31-32,59H,1-4,7-10,12,14-17,21H2,(H,49,60)(H,52,58,61)/t27-,31-,32?. The van der Waals surface area contributed by atoms with Crippen LogP contribution in [0.15, 0.2) is 67.4 Å². The highest BCUT2D eigenvalue weighted by molar-refractivity contribution is 6.00. The number of fused-ring (bicyclic) bond motifs is 2. The molecular weight excluding hydrogens is 790 g/mol. The first-order chi connectivity index (χ1) is 29.6. The van der Waals surface area contributed by atoms with Crippen molar-refractivity contribution in [2.75, 3.05) is 44.2 Å². The zero-order valence-corrected chi connectivity index (χ0v) is 33.4. The van der Waals surface area contributed by atoms with Crippen molar-refractivity contribution in [1.82, 2.24) is 44.7 Å². The van der Waals surface area contributed by atoms with Crippen molar-refractivity contribution in [2.45, 2.75) is 63.3 Å². The number of nitrogens with zero attached hydrogens (tertiary/aromatic N) is 8. The maximum Gasteiger partial charge on any atom is 0.254 e. The molecule has 14 nitrogen and oxygen atoms in total. The molecule has 2 aromatic carbocycles. The lowest BCUT2D eigenvalue weighted by Crippen LogP contribution is -2.47. The smallest absolute Gasteiger partial charge is 0.254 e. The summed E-state index contributed by atoms with van der Waals surface area (Å²) in [6.07, 6.45) is 15.5. The number of piperazine rings is 1. The molecule has 4 aromatic heterocycles. The van der Waals surface area contributed by atoms with Crippen molar-refractivity contribution >= 4 is 40.2 Å². The second-order valence-electron chi connectivity index (χ2n) is 16.3. The van der Waals surface area contributed by atoms with E-state index in [0.717, 1.165) is 105 Å². The number of phenols is 1. The predicted molar refractivity (Wildman–Crippen MR) is 219 cm³/mol. The van der Waals surface area contributed by atoms with E-state index in [4.69, 9.17) is 15.1 Å². The summed E-state index contributed by atoms with van der Waals surface area (Å²) < 4.78 is 45.5. The highest BCUT2D eigenvalue weighted by Gasteiger charge is 2.31. The number of pyridine rings is 1. The fraction of sp³-hybridized carbons (Fsp3) is 0.386. The average molecular weight is 835 g/mol. The van der Waals surface area contributed by atoms with Crippen LogP contribution < -0.4 is 15.5 Å². The quantitative estimate of drug-likeness (QED) is 0.109. The summed E-state index contributed by atoms with van der Waals surface area (Å²) in [5, 5.41) is 20.2. The number of rotatable bonds is 11. The van der Waals surface area contributed by atoms with Crippen LogP contribution in [0.1, 0.15) is 78.5 Å². The van der Waals surface area contributed by atoms with E-state index in [1.54, 1.807) is 6.20 Å². The van der Waals surface area contributed by atoms with Gasteiger partial charge in [-0.25, -0.2) is 23.7 Å². The highest BCUT2D eigenvalue weighted by atomic mass is 19.2. The van der Waals surface area contributed by atoms with Crippen LogP contribution in [-0.2, 0) is 16.0 Å². The molecule has 61 heavy (non-hydrogen) atoms. The number of aryl methyl sites for hydroxylation is 1. The molecule has 3 amide bonds. The molecule has 3 aliphatic rings. The first-order valence-corrected chi connectivity index (χ1v) is 20.8. The number of aromatic hydroxyl groups is 1. The molecule has 9 rings (SSSR count).